The van der Waals surface area contributed by atoms with Gasteiger partial charge in [-0.15, -0.1) is 0 Å². The van der Waals surface area contributed by atoms with Crippen LogP contribution in [-0.4, -0.2) is 25.5 Å². The minimum Gasteiger partial charge on any atom is -0.329 e. The van der Waals surface area contributed by atoms with Gasteiger partial charge in [-0.3, -0.25) is 0 Å². The molecule has 1 aromatic rings. The molecule has 1 atom stereocenters. The molecule has 0 radical (unpaired) electrons. The van der Waals surface area contributed by atoms with E-state index in [-0.39, 0.29) is 11.9 Å². The Morgan fingerprint density at radius 2 is 2.14 bits per heavy atom. The summed E-state index contributed by atoms with van der Waals surface area (Å²) in [6.45, 7) is 0.457. The highest BCUT2D eigenvalue weighted by Gasteiger charge is 2.15. The van der Waals surface area contributed by atoms with Crippen molar-refractivity contribution >= 4 is 11.6 Å². The maximum Gasteiger partial charge on any atom is 0.124 e. The Hall–Kier alpha value is -0.640. The van der Waals surface area contributed by atoms with Crippen molar-refractivity contribution in [3.8, 4) is 0 Å². The van der Waals surface area contributed by atoms with Crippen LogP contribution < -0.4 is 5.73 Å². The lowest BCUT2D eigenvalue weighted by Crippen LogP contribution is -2.27. The van der Waals surface area contributed by atoms with Crippen molar-refractivity contribution < 1.29 is 4.39 Å². The Morgan fingerprint density at radius 1 is 1.50 bits per heavy atom. The third-order valence-electron chi connectivity index (χ3n) is 2.17. The van der Waals surface area contributed by atoms with Crippen molar-refractivity contribution in [2.24, 2.45) is 5.73 Å². The van der Waals surface area contributed by atoms with E-state index in [4.69, 9.17) is 17.3 Å². The van der Waals surface area contributed by atoms with E-state index in [9.17, 15) is 4.39 Å². The average molecular weight is 217 g/mol. The first kappa shape index (κ1) is 11.4. The second kappa shape index (κ2) is 4.73. The molecule has 4 heteroatoms. The average Bonchev–Trinajstić information content (AvgIpc) is 2.09. The lowest BCUT2D eigenvalue weighted by atomic mass is 10.1. The van der Waals surface area contributed by atoms with Gasteiger partial charge in [0.1, 0.15) is 5.82 Å². The molecule has 0 spiro atoms. The van der Waals surface area contributed by atoms with Gasteiger partial charge in [0.2, 0.25) is 0 Å². The van der Waals surface area contributed by atoms with Gasteiger partial charge in [0.25, 0.3) is 0 Å². The Morgan fingerprint density at radius 3 is 2.57 bits per heavy atom. The molecule has 0 aliphatic carbocycles. The highest BCUT2D eigenvalue weighted by Crippen LogP contribution is 2.25. The number of nitrogens with zero attached hydrogens (tertiary/aromatic N) is 1. The molecule has 0 bridgehead atoms. The topological polar surface area (TPSA) is 29.3 Å². The number of hydrogen-bond donors (Lipinski definition) is 1. The fourth-order valence-electron chi connectivity index (χ4n) is 1.39. The monoisotopic (exact) mass is 216 g/mol. The predicted molar refractivity (Wildman–Crippen MR) is 56.9 cm³/mol. The van der Waals surface area contributed by atoms with Crippen molar-refractivity contribution in [1.82, 2.24) is 4.90 Å². The van der Waals surface area contributed by atoms with Crippen LogP contribution in [0.1, 0.15) is 11.6 Å². The Balaban J connectivity index is 3.04. The van der Waals surface area contributed by atoms with Crippen LogP contribution in [0.15, 0.2) is 18.2 Å². The summed E-state index contributed by atoms with van der Waals surface area (Å²) in [7, 11) is 3.83. The Labute approximate surface area is 88.5 Å². The van der Waals surface area contributed by atoms with Gasteiger partial charge in [-0.2, -0.15) is 0 Å². The molecule has 0 fully saturated rings. The van der Waals surface area contributed by atoms with Crippen molar-refractivity contribution in [1.29, 1.82) is 0 Å². The van der Waals surface area contributed by atoms with Gasteiger partial charge in [-0.25, -0.2) is 4.39 Å². The van der Waals surface area contributed by atoms with E-state index < -0.39 is 0 Å². The number of likely N-dealkylation sites (N-methyl/N-ethyl adjacent to an activating group) is 1. The minimum atomic E-state index is -0.326. The van der Waals surface area contributed by atoms with E-state index in [1.807, 2.05) is 19.0 Å². The predicted octanol–water partition coefficient (Wildman–Crippen LogP) is 2.04. The maximum absolute atomic E-state index is 12.8. The van der Waals surface area contributed by atoms with E-state index in [1.54, 1.807) is 6.07 Å². The standard InChI is InChI=1S/C10H14ClFN2/c1-14(2)10(6-13)8-4-3-7(12)5-9(8)11/h3-5,10H,6,13H2,1-2H3. The molecular weight excluding hydrogens is 203 g/mol. The van der Waals surface area contributed by atoms with Gasteiger partial charge in [0, 0.05) is 17.6 Å². The molecule has 2 N–H and O–H groups in total. The van der Waals surface area contributed by atoms with Crippen LogP contribution in [0.2, 0.25) is 5.02 Å². The summed E-state index contributed by atoms with van der Waals surface area (Å²) >= 11 is 5.92. The van der Waals surface area contributed by atoms with Crippen molar-refractivity contribution in [2.75, 3.05) is 20.6 Å². The van der Waals surface area contributed by atoms with Crippen LogP contribution in [0.25, 0.3) is 0 Å². The molecule has 0 aromatic heterocycles. The Bertz CT molecular complexity index is 315. The largest absolute Gasteiger partial charge is 0.329 e. The fraction of sp³-hybridized carbons (Fsp3) is 0.400. The maximum atomic E-state index is 12.8. The van der Waals surface area contributed by atoms with Crippen LogP contribution in [0.4, 0.5) is 4.39 Å². The molecule has 14 heavy (non-hydrogen) atoms. The first-order chi connectivity index (χ1) is 6.56. The van der Waals surface area contributed by atoms with Crippen LogP contribution in [0, 0.1) is 5.82 Å². The second-order valence-electron chi connectivity index (χ2n) is 3.38. The van der Waals surface area contributed by atoms with Gasteiger partial charge < -0.3 is 10.6 Å². The third kappa shape index (κ3) is 2.44. The number of hydrogen-bond acceptors (Lipinski definition) is 2. The van der Waals surface area contributed by atoms with E-state index in [1.165, 1.54) is 12.1 Å². The van der Waals surface area contributed by atoms with Crippen LogP contribution in [-0.2, 0) is 0 Å². The zero-order valence-corrected chi connectivity index (χ0v) is 9.05. The number of halogens is 2. The molecule has 1 rings (SSSR count). The zero-order chi connectivity index (χ0) is 10.7. The number of benzene rings is 1. The lowest BCUT2D eigenvalue weighted by molar-refractivity contribution is 0.306. The SMILES string of the molecule is CN(C)C(CN)c1ccc(F)cc1Cl. The molecule has 0 aliphatic heterocycles. The molecule has 0 saturated heterocycles. The van der Waals surface area contributed by atoms with E-state index in [0.717, 1.165) is 5.56 Å². The van der Waals surface area contributed by atoms with Gasteiger partial charge in [-0.05, 0) is 31.8 Å². The highest BCUT2D eigenvalue weighted by molar-refractivity contribution is 6.31. The normalized spacial score (nSPS) is 13.3. The van der Waals surface area contributed by atoms with Crippen LogP contribution >= 0.6 is 11.6 Å². The highest BCUT2D eigenvalue weighted by atomic mass is 35.5. The first-order valence-corrected chi connectivity index (χ1v) is 4.75. The van der Waals surface area contributed by atoms with Crippen molar-refractivity contribution in [2.45, 2.75) is 6.04 Å². The molecule has 1 aromatic carbocycles. The quantitative estimate of drug-likeness (QED) is 0.838. The molecule has 2 nitrogen and oxygen atoms in total. The van der Waals surface area contributed by atoms with Crippen molar-refractivity contribution in [3.63, 3.8) is 0 Å². The smallest absolute Gasteiger partial charge is 0.124 e. The summed E-state index contributed by atoms with van der Waals surface area (Å²) in [5.74, 6) is -0.326. The van der Waals surface area contributed by atoms with E-state index in [0.29, 0.717) is 11.6 Å². The zero-order valence-electron chi connectivity index (χ0n) is 8.30. The number of nitrogens with two attached hydrogens (primary N) is 1. The summed E-state index contributed by atoms with van der Waals surface area (Å²) < 4.78 is 12.8. The minimum absolute atomic E-state index is 0.0306. The fourth-order valence-corrected chi connectivity index (χ4v) is 1.68. The first-order valence-electron chi connectivity index (χ1n) is 4.37. The summed E-state index contributed by atoms with van der Waals surface area (Å²) in [5.41, 5.74) is 6.48. The van der Waals surface area contributed by atoms with Crippen LogP contribution in [0.5, 0.6) is 0 Å². The number of rotatable bonds is 3. The molecule has 0 saturated carbocycles. The van der Waals surface area contributed by atoms with E-state index in [2.05, 4.69) is 0 Å². The van der Waals surface area contributed by atoms with Crippen LogP contribution in [0.3, 0.4) is 0 Å². The van der Waals surface area contributed by atoms with Gasteiger partial charge in [0.15, 0.2) is 0 Å². The summed E-state index contributed by atoms with van der Waals surface area (Å²) in [4.78, 5) is 1.96. The summed E-state index contributed by atoms with van der Waals surface area (Å²) in [5, 5.41) is 0.425. The molecule has 0 amide bonds. The molecule has 0 heterocycles. The van der Waals surface area contributed by atoms with E-state index >= 15 is 0 Å². The molecule has 78 valence electrons. The third-order valence-corrected chi connectivity index (χ3v) is 2.50. The summed E-state index contributed by atoms with van der Waals surface area (Å²) in [6.07, 6.45) is 0. The van der Waals surface area contributed by atoms with Gasteiger partial charge in [0.05, 0.1) is 0 Å². The molecular formula is C10H14ClFN2. The second-order valence-corrected chi connectivity index (χ2v) is 3.79. The molecule has 1 unspecified atom stereocenters. The Kier molecular flexibility index (Phi) is 3.86. The molecule has 0 aliphatic rings. The van der Waals surface area contributed by atoms with Gasteiger partial charge >= 0.3 is 0 Å². The van der Waals surface area contributed by atoms with Crippen molar-refractivity contribution in [3.05, 3.63) is 34.6 Å². The summed E-state index contributed by atoms with van der Waals surface area (Å²) in [6, 6.07) is 4.41. The lowest BCUT2D eigenvalue weighted by Gasteiger charge is -2.23. The van der Waals surface area contributed by atoms with Gasteiger partial charge in [-0.1, -0.05) is 17.7 Å².